The highest BCUT2D eigenvalue weighted by molar-refractivity contribution is 5.94. The van der Waals surface area contributed by atoms with Gasteiger partial charge in [-0.25, -0.2) is 5.10 Å². The average Bonchev–Trinajstić information content (AvgIpc) is 2.63. The molecule has 1 aliphatic heterocycles. The molecule has 0 spiro atoms. The Morgan fingerprint density at radius 2 is 1.75 bits per heavy atom. The van der Waals surface area contributed by atoms with E-state index in [2.05, 4.69) is 21.2 Å². The number of hydrogen-bond acceptors (Lipinski definition) is 4. The maximum atomic E-state index is 11.9. The molecule has 3 aromatic rings. The smallest absolute Gasteiger partial charge is 0.272 e. The molecule has 1 fully saturated rings. The molecule has 5 heteroatoms. The first-order chi connectivity index (χ1) is 11.7. The zero-order valence-electron chi connectivity index (χ0n) is 13.5. The van der Waals surface area contributed by atoms with Crippen molar-refractivity contribution in [3.63, 3.8) is 0 Å². The number of nitrogen functional groups attached to an aromatic ring is 1. The molecule has 4 rings (SSSR count). The normalized spacial score (nSPS) is 14.9. The number of nitrogens with zero attached hydrogens (tertiary/aromatic N) is 2. The Hall–Kier alpha value is -2.82. The summed E-state index contributed by atoms with van der Waals surface area (Å²) in [6.45, 7) is 2.12. The van der Waals surface area contributed by atoms with Crippen LogP contribution in [0.3, 0.4) is 0 Å². The van der Waals surface area contributed by atoms with Crippen LogP contribution in [0.5, 0.6) is 0 Å². The zero-order valence-corrected chi connectivity index (χ0v) is 13.5. The Morgan fingerprint density at radius 1 is 1.00 bits per heavy atom. The van der Waals surface area contributed by atoms with Crippen molar-refractivity contribution in [1.82, 2.24) is 10.2 Å². The van der Waals surface area contributed by atoms with Crippen LogP contribution in [0.15, 0.2) is 47.3 Å². The SMILES string of the molecule is Nc1cc(-c2n[nH]c(=O)c3ccccc23)ccc1N1CCCCC1. The van der Waals surface area contributed by atoms with E-state index in [0.717, 1.165) is 41.1 Å². The molecular formula is C19H20N4O. The predicted octanol–water partition coefficient (Wildman–Crippen LogP) is 3.16. The maximum absolute atomic E-state index is 11.9. The van der Waals surface area contributed by atoms with Crippen molar-refractivity contribution in [1.29, 1.82) is 0 Å². The van der Waals surface area contributed by atoms with Crippen molar-refractivity contribution in [3.8, 4) is 11.3 Å². The first-order valence-electron chi connectivity index (χ1n) is 8.36. The average molecular weight is 320 g/mol. The number of hydrogen-bond donors (Lipinski definition) is 2. The summed E-state index contributed by atoms with van der Waals surface area (Å²) in [6.07, 6.45) is 3.72. The lowest BCUT2D eigenvalue weighted by Crippen LogP contribution is -2.29. The summed E-state index contributed by atoms with van der Waals surface area (Å²) in [6, 6.07) is 13.6. The van der Waals surface area contributed by atoms with Crippen LogP contribution >= 0.6 is 0 Å². The Kier molecular flexibility index (Phi) is 3.69. The molecule has 0 aliphatic carbocycles. The van der Waals surface area contributed by atoms with Crippen molar-refractivity contribution in [2.75, 3.05) is 23.7 Å². The van der Waals surface area contributed by atoms with Gasteiger partial charge in [-0.05, 0) is 37.5 Å². The van der Waals surface area contributed by atoms with Crippen LogP contribution in [-0.2, 0) is 0 Å². The van der Waals surface area contributed by atoms with Crippen molar-refractivity contribution >= 4 is 22.1 Å². The number of benzene rings is 2. The second-order valence-electron chi connectivity index (χ2n) is 6.27. The minimum Gasteiger partial charge on any atom is -0.397 e. The van der Waals surface area contributed by atoms with Gasteiger partial charge in [-0.1, -0.05) is 24.3 Å². The molecule has 2 heterocycles. The van der Waals surface area contributed by atoms with Gasteiger partial charge in [-0.2, -0.15) is 5.10 Å². The molecule has 0 radical (unpaired) electrons. The molecule has 2 aromatic carbocycles. The van der Waals surface area contributed by atoms with Gasteiger partial charge in [-0.15, -0.1) is 0 Å². The van der Waals surface area contributed by atoms with E-state index in [1.807, 2.05) is 36.4 Å². The van der Waals surface area contributed by atoms with Gasteiger partial charge in [0.05, 0.1) is 22.5 Å². The molecular weight excluding hydrogens is 300 g/mol. The molecule has 0 bridgehead atoms. The monoisotopic (exact) mass is 320 g/mol. The van der Waals surface area contributed by atoms with Gasteiger partial charge in [0.25, 0.3) is 5.56 Å². The van der Waals surface area contributed by atoms with Crippen LogP contribution in [-0.4, -0.2) is 23.3 Å². The fourth-order valence-electron chi connectivity index (χ4n) is 3.46. The Labute approximate surface area is 140 Å². The number of aromatic nitrogens is 2. The molecule has 1 aromatic heterocycles. The number of piperidine rings is 1. The third kappa shape index (κ3) is 2.52. The summed E-state index contributed by atoms with van der Waals surface area (Å²) in [7, 11) is 0. The molecule has 5 nitrogen and oxygen atoms in total. The molecule has 0 saturated carbocycles. The first-order valence-corrected chi connectivity index (χ1v) is 8.36. The maximum Gasteiger partial charge on any atom is 0.272 e. The number of H-pyrrole nitrogens is 1. The second kappa shape index (κ2) is 6.00. The Morgan fingerprint density at radius 3 is 2.50 bits per heavy atom. The molecule has 0 amide bonds. The number of nitrogens with two attached hydrogens (primary N) is 1. The topological polar surface area (TPSA) is 75.0 Å². The van der Waals surface area contributed by atoms with Gasteiger partial charge in [0.2, 0.25) is 0 Å². The van der Waals surface area contributed by atoms with Crippen LogP contribution < -0.4 is 16.2 Å². The summed E-state index contributed by atoms with van der Waals surface area (Å²) < 4.78 is 0. The highest BCUT2D eigenvalue weighted by atomic mass is 16.1. The van der Waals surface area contributed by atoms with E-state index in [9.17, 15) is 4.79 Å². The number of nitrogens with one attached hydrogen (secondary N) is 1. The van der Waals surface area contributed by atoms with Crippen LogP contribution in [0.25, 0.3) is 22.0 Å². The summed E-state index contributed by atoms with van der Waals surface area (Å²) in [5, 5.41) is 8.31. The minimum atomic E-state index is -0.174. The lowest BCUT2D eigenvalue weighted by atomic mass is 10.0. The molecule has 24 heavy (non-hydrogen) atoms. The number of aromatic amines is 1. The number of fused-ring (bicyclic) bond motifs is 1. The van der Waals surface area contributed by atoms with E-state index in [-0.39, 0.29) is 5.56 Å². The Balaban J connectivity index is 1.79. The number of anilines is 2. The zero-order chi connectivity index (χ0) is 16.5. The third-order valence-electron chi connectivity index (χ3n) is 4.69. The van der Waals surface area contributed by atoms with E-state index in [1.165, 1.54) is 19.3 Å². The van der Waals surface area contributed by atoms with Crippen LogP contribution in [0.2, 0.25) is 0 Å². The summed E-state index contributed by atoms with van der Waals surface area (Å²) in [5.41, 5.74) is 9.66. The van der Waals surface area contributed by atoms with Gasteiger partial charge in [0.15, 0.2) is 0 Å². The van der Waals surface area contributed by atoms with Gasteiger partial charge in [0, 0.05) is 24.0 Å². The van der Waals surface area contributed by atoms with Crippen molar-refractivity contribution in [2.45, 2.75) is 19.3 Å². The fraction of sp³-hybridized carbons (Fsp3) is 0.263. The lowest BCUT2D eigenvalue weighted by molar-refractivity contribution is 0.578. The standard InChI is InChI=1S/C19H20N4O/c20-16-12-13(8-9-17(16)23-10-4-1-5-11-23)18-14-6-2-3-7-15(14)19(24)22-21-18/h2-3,6-9,12H,1,4-5,10-11,20H2,(H,22,24). The molecule has 3 N–H and O–H groups in total. The van der Waals surface area contributed by atoms with Gasteiger partial charge in [-0.3, -0.25) is 4.79 Å². The summed E-state index contributed by atoms with van der Waals surface area (Å²) in [5.74, 6) is 0. The molecule has 122 valence electrons. The van der Waals surface area contributed by atoms with Crippen molar-refractivity contribution in [3.05, 3.63) is 52.8 Å². The molecule has 0 unspecified atom stereocenters. The Bertz CT molecular complexity index is 941. The minimum absolute atomic E-state index is 0.174. The summed E-state index contributed by atoms with van der Waals surface area (Å²) in [4.78, 5) is 14.3. The predicted molar refractivity (Wildman–Crippen MR) is 98.3 cm³/mol. The number of rotatable bonds is 2. The van der Waals surface area contributed by atoms with E-state index < -0.39 is 0 Å². The van der Waals surface area contributed by atoms with Gasteiger partial charge in [0.1, 0.15) is 0 Å². The van der Waals surface area contributed by atoms with E-state index in [0.29, 0.717) is 5.39 Å². The lowest BCUT2D eigenvalue weighted by Gasteiger charge is -2.30. The van der Waals surface area contributed by atoms with E-state index in [4.69, 9.17) is 5.73 Å². The quantitative estimate of drug-likeness (QED) is 0.711. The van der Waals surface area contributed by atoms with Crippen LogP contribution in [0.1, 0.15) is 19.3 Å². The second-order valence-corrected chi connectivity index (χ2v) is 6.27. The van der Waals surface area contributed by atoms with Crippen LogP contribution in [0, 0.1) is 0 Å². The largest absolute Gasteiger partial charge is 0.397 e. The van der Waals surface area contributed by atoms with E-state index >= 15 is 0 Å². The highest BCUT2D eigenvalue weighted by Crippen LogP contribution is 2.32. The van der Waals surface area contributed by atoms with Crippen molar-refractivity contribution < 1.29 is 0 Å². The van der Waals surface area contributed by atoms with Crippen molar-refractivity contribution in [2.24, 2.45) is 0 Å². The molecule has 1 saturated heterocycles. The van der Waals surface area contributed by atoms with Gasteiger partial charge < -0.3 is 10.6 Å². The van der Waals surface area contributed by atoms with Gasteiger partial charge >= 0.3 is 0 Å². The highest BCUT2D eigenvalue weighted by Gasteiger charge is 2.15. The van der Waals surface area contributed by atoms with Crippen LogP contribution in [0.4, 0.5) is 11.4 Å². The molecule has 0 atom stereocenters. The fourth-order valence-corrected chi connectivity index (χ4v) is 3.46. The summed E-state index contributed by atoms with van der Waals surface area (Å²) >= 11 is 0. The van der Waals surface area contributed by atoms with E-state index in [1.54, 1.807) is 0 Å². The third-order valence-corrected chi connectivity index (χ3v) is 4.69. The molecule has 1 aliphatic rings. The first kappa shape index (κ1) is 14.8.